The number of nitrogens with one attached hydrogen (secondary N) is 1. The lowest BCUT2D eigenvalue weighted by Gasteiger charge is -2.16. The fraction of sp³-hybridized carbons (Fsp3) is 0.188. The van der Waals surface area contributed by atoms with Crippen molar-refractivity contribution in [2.24, 2.45) is 16.0 Å². The second-order valence-electron chi connectivity index (χ2n) is 10.5. The van der Waals surface area contributed by atoms with Gasteiger partial charge in [0.2, 0.25) is 20.0 Å². The van der Waals surface area contributed by atoms with Gasteiger partial charge >= 0.3 is 11.9 Å². The summed E-state index contributed by atoms with van der Waals surface area (Å²) < 4.78 is 142. The summed E-state index contributed by atoms with van der Waals surface area (Å²) in [5.74, 6) is -16.2. The molecule has 12 nitrogen and oxygen atoms in total. The summed E-state index contributed by atoms with van der Waals surface area (Å²) in [6, 6.07) is 18.4. The summed E-state index contributed by atoms with van der Waals surface area (Å²) in [5.41, 5.74) is 6.36. The number of anilines is 1. The van der Waals surface area contributed by atoms with Crippen LogP contribution in [0, 0.1) is 40.7 Å². The Morgan fingerprint density at radius 3 is 1.29 bits per heavy atom. The van der Waals surface area contributed by atoms with Crippen LogP contribution in [-0.2, 0) is 42.7 Å². The normalized spacial score (nSPS) is 11.2. The average molecular weight is 861 g/mol. The zero-order chi connectivity index (χ0) is 41.7. The Kier molecular flexibility index (Phi) is 17.9. The van der Waals surface area contributed by atoms with Crippen LogP contribution in [0.3, 0.4) is 0 Å². The Labute approximate surface area is 318 Å². The first-order chi connectivity index (χ1) is 25.6. The lowest BCUT2D eigenvalue weighted by Crippen LogP contribution is -2.20. The topological polar surface area (TPSA) is 233 Å². The monoisotopic (exact) mass is 860 g/mol. The van der Waals surface area contributed by atoms with Crippen molar-refractivity contribution in [3.05, 3.63) is 113 Å². The molecule has 0 bridgehead atoms. The van der Waals surface area contributed by atoms with Gasteiger partial charge in [0, 0.05) is 24.6 Å². The predicted molar refractivity (Wildman–Crippen MR) is 189 cm³/mol. The van der Waals surface area contributed by atoms with Crippen molar-refractivity contribution < 1.29 is 67.4 Å². The van der Waals surface area contributed by atoms with Crippen LogP contribution in [-0.4, -0.2) is 50.5 Å². The van der Waals surface area contributed by atoms with Crippen molar-refractivity contribution in [2.75, 3.05) is 16.8 Å². The minimum atomic E-state index is -4.99. The highest BCUT2D eigenvalue weighted by molar-refractivity contribution is 7.99. The standard InChI is InChI=1S/C16H15F3N2O4S2.C9H7F4NO4S2.C7H9N/c17-11-12(18)16(27(20,24)25)14(21-8-9-4-2-1-3-5-9)13(19)15(11)26-7-6-10(22)23;10-4-6(12)9(20(14,17)18)7(13)5(11)8(4)19-2-1-3(15)16;8-6-7-4-2-1-3-5-7/h1-5,21H,6-8H2,(H,22,23)(H2,20,24,25);1-2H2,(H,15,16)(H2,14,17,18);1-5H,6,8H2. The molecule has 0 fully saturated rings. The van der Waals surface area contributed by atoms with E-state index in [1.807, 2.05) is 30.3 Å². The highest BCUT2D eigenvalue weighted by atomic mass is 32.2. The third kappa shape index (κ3) is 13.7. The first kappa shape index (κ1) is 46.8. The molecule has 0 aliphatic carbocycles. The van der Waals surface area contributed by atoms with E-state index in [2.05, 4.69) is 10.5 Å². The molecule has 0 spiro atoms. The fourth-order valence-electron chi connectivity index (χ4n) is 4.02. The second kappa shape index (κ2) is 21.1. The minimum absolute atomic E-state index is 0.0788. The molecule has 4 rings (SSSR count). The third-order valence-corrected chi connectivity index (χ3v) is 10.5. The number of aliphatic carboxylic acids is 2. The minimum Gasteiger partial charge on any atom is -0.481 e. The molecule has 300 valence electrons. The number of primary sulfonamides is 2. The van der Waals surface area contributed by atoms with Gasteiger partial charge in [0.15, 0.2) is 45.6 Å². The molecule has 0 aromatic heterocycles. The lowest BCUT2D eigenvalue weighted by molar-refractivity contribution is -0.137. The van der Waals surface area contributed by atoms with E-state index in [0.717, 1.165) is 0 Å². The number of rotatable bonds is 14. The molecule has 4 aromatic carbocycles. The van der Waals surface area contributed by atoms with Crippen LogP contribution >= 0.6 is 23.5 Å². The van der Waals surface area contributed by atoms with Crippen molar-refractivity contribution in [1.29, 1.82) is 0 Å². The van der Waals surface area contributed by atoms with E-state index in [-0.39, 0.29) is 29.8 Å². The Balaban J connectivity index is 0.000000325. The number of sulfonamides is 2. The summed E-state index contributed by atoms with van der Waals surface area (Å²) in [4.78, 5) is 15.6. The highest BCUT2D eigenvalue weighted by Crippen LogP contribution is 2.38. The van der Waals surface area contributed by atoms with Crippen molar-refractivity contribution in [3.63, 3.8) is 0 Å². The zero-order valence-electron chi connectivity index (χ0n) is 27.9. The van der Waals surface area contributed by atoms with Gasteiger partial charge in [-0.15, -0.1) is 23.5 Å². The zero-order valence-corrected chi connectivity index (χ0v) is 31.1. The average Bonchev–Trinajstić information content (AvgIpc) is 3.11. The van der Waals surface area contributed by atoms with Gasteiger partial charge in [0.25, 0.3) is 0 Å². The van der Waals surface area contributed by atoms with Crippen LogP contribution in [0.15, 0.2) is 80.2 Å². The number of carboxylic acids is 2. The van der Waals surface area contributed by atoms with E-state index in [1.165, 1.54) is 5.56 Å². The smallest absolute Gasteiger partial charge is 0.304 e. The van der Waals surface area contributed by atoms with Crippen LogP contribution in [0.4, 0.5) is 36.4 Å². The largest absolute Gasteiger partial charge is 0.481 e. The molecular formula is C32H31F7N4O8S4. The van der Waals surface area contributed by atoms with E-state index in [1.54, 1.807) is 30.3 Å². The summed E-state index contributed by atoms with van der Waals surface area (Å²) in [7, 11) is -9.78. The number of nitrogens with two attached hydrogens (primary N) is 3. The van der Waals surface area contributed by atoms with Crippen LogP contribution < -0.4 is 21.3 Å². The van der Waals surface area contributed by atoms with Crippen LogP contribution in [0.1, 0.15) is 24.0 Å². The van der Waals surface area contributed by atoms with E-state index >= 15 is 0 Å². The molecular weight excluding hydrogens is 830 g/mol. The molecule has 0 unspecified atom stereocenters. The summed E-state index contributed by atoms with van der Waals surface area (Å²) in [6.07, 6.45) is -0.932. The molecule has 0 saturated carbocycles. The van der Waals surface area contributed by atoms with Gasteiger partial charge in [-0.3, -0.25) is 9.59 Å². The first-order valence-electron chi connectivity index (χ1n) is 15.0. The Morgan fingerprint density at radius 1 is 0.582 bits per heavy atom. The maximum atomic E-state index is 14.8. The number of benzene rings is 4. The van der Waals surface area contributed by atoms with Gasteiger partial charge in [-0.1, -0.05) is 60.7 Å². The molecule has 23 heteroatoms. The van der Waals surface area contributed by atoms with Crippen LogP contribution in [0.2, 0.25) is 0 Å². The molecule has 0 aliphatic rings. The predicted octanol–water partition coefficient (Wildman–Crippen LogP) is 5.53. The SMILES string of the molecule is NCc1ccccc1.NS(=O)(=O)c1c(F)c(F)c(SCCC(=O)O)c(F)c1F.NS(=O)(=O)c1c(F)c(F)c(SCCC(=O)O)c(F)c1NCc1ccccc1. The van der Waals surface area contributed by atoms with Gasteiger partial charge in [-0.05, 0) is 11.1 Å². The lowest BCUT2D eigenvalue weighted by atomic mass is 10.2. The van der Waals surface area contributed by atoms with E-state index in [9.17, 15) is 57.2 Å². The number of halogens is 7. The molecule has 0 atom stereocenters. The summed E-state index contributed by atoms with van der Waals surface area (Å²) in [6.45, 7) is 0.561. The van der Waals surface area contributed by atoms with Gasteiger partial charge in [0.05, 0.1) is 28.3 Å². The highest BCUT2D eigenvalue weighted by Gasteiger charge is 2.32. The van der Waals surface area contributed by atoms with E-state index in [4.69, 9.17) is 21.1 Å². The summed E-state index contributed by atoms with van der Waals surface area (Å²) in [5, 5.41) is 28.8. The van der Waals surface area contributed by atoms with Gasteiger partial charge in [-0.25, -0.2) is 57.8 Å². The van der Waals surface area contributed by atoms with Crippen LogP contribution in [0.5, 0.6) is 0 Å². The number of hydrogen-bond donors (Lipinski definition) is 6. The van der Waals surface area contributed by atoms with Gasteiger partial charge in [0.1, 0.15) is 4.90 Å². The van der Waals surface area contributed by atoms with Gasteiger partial charge < -0.3 is 21.3 Å². The van der Waals surface area contributed by atoms with Crippen molar-refractivity contribution >= 4 is 61.2 Å². The fourth-order valence-corrected chi connectivity index (χ4v) is 7.32. The summed E-state index contributed by atoms with van der Waals surface area (Å²) >= 11 is 0.628. The molecule has 0 amide bonds. The third-order valence-electron chi connectivity index (χ3n) is 6.50. The first-order valence-corrected chi connectivity index (χ1v) is 20.0. The second-order valence-corrected chi connectivity index (χ2v) is 15.7. The number of hydrogen-bond acceptors (Lipinski definition) is 10. The van der Waals surface area contributed by atoms with Crippen molar-refractivity contribution in [1.82, 2.24) is 0 Å². The van der Waals surface area contributed by atoms with E-state index < -0.39 is 111 Å². The Morgan fingerprint density at radius 2 is 0.945 bits per heavy atom. The number of carboxylic acid groups (broad SMARTS) is 2. The van der Waals surface area contributed by atoms with Crippen molar-refractivity contribution in [2.45, 2.75) is 45.5 Å². The maximum Gasteiger partial charge on any atom is 0.304 e. The van der Waals surface area contributed by atoms with Crippen molar-refractivity contribution in [3.8, 4) is 0 Å². The quantitative estimate of drug-likeness (QED) is 0.0522. The van der Waals surface area contributed by atoms with Gasteiger partial charge in [-0.2, -0.15) is 0 Å². The molecule has 0 saturated heterocycles. The van der Waals surface area contributed by atoms with E-state index in [0.29, 0.717) is 23.9 Å². The number of carbonyl (C=O) groups is 2. The Bertz CT molecular complexity index is 2180. The molecule has 55 heavy (non-hydrogen) atoms. The van der Waals surface area contributed by atoms with Crippen LogP contribution in [0.25, 0.3) is 0 Å². The molecule has 4 aromatic rings. The Hall–Kier alpha value is -4.39. The maximum absolute atomic E-state index is 14.8. The molecule has 0 heterocycles. The molecule has 9 N–H and O–H groups in total. The number of thioether (sulfide) groups is 2. The molecule has 0 radical (unpaired) electrons. The molecule has 0 aliphatic heterocycles.